The highest BCUT2D eigenvalue weighted by Gasteiger charge is 2.09. The van der Waals surface area contributed by atoms with Gasteiger partial charge in [0.05, 0.1) is 5.69 Å². The molecule has 0 spiro atoms. The molecule has 0 atom stereocenters. The number of rotatable bonds is 6. The summed E-state index contributed by atoms with van der Waals surface area (Å²) in [4.78, 5) is 12.2. The molecule has 0 radical (unpaired) electrons. The fraction of sp³-hybridized carbons (Fsp3) is 0.0476. The van der Waals surface area contributed by atoms with E-state index in [1.165, 1.54) is 0 Å². The van der Waals surface area contributed by atoms with Crippen molar-refractivity contribution in [2.45, 2.75) is 6.61 Å². The van der Waals surface area contributed by atoms with Gasteiger partial charge in [0.1, 0.15) is 12.4 Å². The van der Waals surface area contributed by atoms with Crippen LogP contribution >= 0.6 is 0 Å². The van der Waals surface area contributed by atoms with Crippen LogP contribution < -0.4 is 10.1 Å². The van der Waals surface area contributed by atoms with Crippen LogP contribution in [-0.4, -0.2) is 26.1 Å². The van der Waals surface area contributed by atoms with Gasteiger partial charge in [0.2, 0.25) is 0 Å². The maximum atomic E-state index is 12.2. The average Bonchev–Trinajstić information content (AvgIpc) is 3.23. The Balaban J connectivity index is 1.38. The molecule has 7 nitrogen and oxygen atoms in total. The number of carbonyl (C=O) groups is 1. The lowest BCUT2D eigenvalue weighted by molar-refractivity contribution is 0.102. The Morgan fingerprint density at radius 1 is 0.893 bits per heavy atom. The summed E-state index contributed by atoms with van der Waals surface area (Å²) in [7, 11) is 0. The zero-order valence-corrected chi connectivity index (χ0v) is 14.9. The summed E-state index contributed by atoms with van der Waals surface area (Å²) in [6, 6.07) is 25.8. The molecule has 0 aliphatic rings. The quantitative estimate of drug-likeness (QED) is 0.561. The zero-order chi connectivity index (χ0) is 19.2. The first-order valence-electron chi connectivity index (χ1n) is 8.71. The standard InChI is InChI=1S/C21H17N5O2/c27-21(16-7-3-1-4-8-16)22-17-11-13-19(14-12-17)28-15-20-23-24-25-26(20)18-9-5-2-6-10-18/h1-14H,15H2,(H,22,27). The summed E-state index contributed by atoms with van der Waals surface area (Å²) < 4.78 is 7.41. The van der Waals surface area contributed by atoms with Crippen LogP contribution in [0.15, 0.2) is 84.9 Å². The maximum Gasteiger partial charge on any atom is 0.255 e. The first kappa shape index (κ1) is 17.4. The van der Waals surface area contributed by atoms with Gasteiger partial charge >= 0.3 is 0 Å². The van der Waals surface area contributed by atoms with Crippen LogP contribution in [0.1, 0.15) is 16.2 Å². The summed E-state index contributed by atoms with van der Waals surface area (Å²) >= 11 is 0. The van der Waals surface area contributed by atoms with Gasteiger partial charge in [0.15, 0.2) is 5.82 Å². The van der Waals surface area contributed by atoms with Crippen molar-refractivity contribution in [3.05, 3.63) is 96.3 Å². The Kier molecular flexibility index (Phi) is 5.06. The first-order chi connectivity index (χ1) is 13.8. The summed E-state index contributed by atoms with van der Waals surface area (Å²) in [5.74, 6) is 1.09. The van der Waals surface area contributed by atoms with E-state index in [0.717, 1.165) is 5.69 Å². The molecular formula is C21H17N5O2. The number of aromatic nitrogens is 4. The van der Waals surface area contributed by atoms with E-state index in [1.54, 1.807) is 41.1 Å². The summed E-state index contributed by atoms with van der Waals surface area (Å²) in [5.41, 5.74) is 2.16. The van der Waals surface area contributed by atoms with Crippen LogP contribution in [0.5, 0.6) is 5.75 Å². The summed E-state index contributed by atoms with van der Waals surface area (Å²) in [6.45, 7) is 0.220. The SMILES string of the molecule is O=C(Nc1ccc(OCc2nnnn2-c2ccccc2)cc1)c1ccccc1. The number of benzene rings is 3. The van der Waals surface area contributed by atoms with Gasteiger partial charge in [-0.05, 0) is 59.0 Å². The minimum Gasteiger partial charge on any atom is -0.486 e. The van der Waals surface area contributed by atoms with Crippen molar-refractivity contribution in [1.82, 2.24) is 20.2 Å². The summed E-state index contributed by atoms with van der Waals surface area (Å²) in [6.07, 6.45) is 0. The molecule has 28 heavy (non-hydrogen) atoms. The van der Waals surface area contributed by atoms with Gasteiger partial charge in [-0.15, -0.1) is 5.10 Å². The minimum absolute atomic E-state index is 0.156. The predicted molar refractivity (Wildman–Crippen MR) is 104 cm³/mol. The van der Waals surface area contributed by atoms with Crippen LogP contribution in [0.3, 0.4) is 0 Å². The van der Waals surface area contributed by atoms with Gasteiger partial charge in [0.25, 0.3) is 5.91 Å². The van der Waals surface area contributed by atoms with E-state index in [0.29, 0.717) is 22.8 Å². The predicted octanol–water partition coefficient (Wildman–Crippen LogP) is 3.49. The first-order valence-corrected chi connectivity index (χ1v) is 8.71. The fourth-order valence-corrected chi connectivity index (χ4v) is 2.64. The summed E-state index contributed by atoms with van der Waals surface area (Å²) in [5, 5.41) is 14.6. The number of carbonyl (C=O) groups excluding carboxylic acids is 1. The number of nitrogens with zero attached hydrogens (tertiary/aromatic N) is 4. The van der Waals surface area contributed by atoms with Gasteiger partial charge in [0, 0.05) is 11.3 Å². The molecule has 0 fully saturated rings. The molecule has 0 unspecified atom stereocenters. The third-order valence-electron chi connectivity index (χ3n) is 4.05. The number of nitrogens with one attached hydrogen (secondary N) is 1. The van der Waals surface area contributed by atoms with E-state index >= 15 is 0 Å². The second-order valence-corrected chi connectivity index (χ2v) is 5.98. The minimum atomic E-state index is -0.156. The lowest BCUT2D eigenvalue weighted by atomic mass is 10.2. The molecule has 4 aromatic rings. The van der Waals surface area contributed by atoms with E-state index < -0.39 is 0 Å². The molecule has 0 aliphatic heterocycles. The lowest BCUT2D eigenvalue weighted by Crippen LogP contribution is -2.11. The Morgan fingerprint density at radius 2 is 1.57 bits per heavy atom. The van der Waals surface area contributed by atoms with Crippen LogP contribution in [0.2, 0.25) is 0 Å². The van der Waals surface area contributed by atoms with Crippen LogP contribution in [0.4, 0.5) is 5.69 Å². The maximum absolute atomic E-state index is 12.2. The Bertz CT molecular complexity index is 1050. The highest BCUT2D eigenvalue weighted by Crippen LogP contribution is 2.18. The van der Waals surface area contributed by atoms with Crippen molar-refractivity contribution in [2.75, 3.05) is 5.32 Å². The van der Waals surface area contributed by atoms with Crippen molar-refractivity contribution < 1.29 is 9.53 Å². The van der Waals surface area contributed by atoms with E-state index in [4.69, 9.17) is 4.74 Å². The second-order valence-electron chi connectivity index (χ2n) is 5.98. The number of hydrogen-bond donors (Lipinski definition) is 1. The molecule has 1 amide bonds. The van der Waals surface area contributed by atoms with Crippen molar-refractivity contribution in [1.29, 1.82) is 0 Å². The van der Waals surface area contributed by atoms with E-state index in [1.807, 2.05) is 48.5 Å². The van der Waals surface area contributed by atoms with Crippen LogP contribution in [0.25, 0.3) is 5.69 Å². The molecule has 1 aromatic heterocycles. The smallest absolute Gasteiger partial charge is 0.255 e. The molecule has 1 heterocycles. The molecule has 7 heteroatoms. The zero-order valence-electron chi connectivity index (χ0n) is 14.9. The topological polar surface area (TPSA) is 81.9 Å². The van der Waals surface area contributed by atoms with Gasteiger partial charge in [-0.1, -0.05) is 36.4 Å². The molecular weight excluding hydrogens is 354 g/mol. The highest BCUT2D eigenvalue weighted by atomic mass is 16.5. The molecule has 0 bridgehead atoms. The molecule has 1 N–H and O–H groups in total. The van der Waals surface area contributed by atoms with Gasteiger partial charge in [-0.25, -0.2) is 0 Å². The average molecular weight is 371 g/mol. The number of hydrogen-bond acceptors (Lipinski definition) is 5. The Morgan fingerprint density at radius 3 is 2.29 bits per heavy atom. The fourth-order valence-electron chi connectivity index (χ4n) is 2.64. The van der Waals surface area contributed by atoms with Crippen LogP contribution in [-0.2, 0) is 6.61 Å². The highest BCUT2D eigenvalue weighted by molar-refractivity contribution is 6.04. The monoisotopic (exact) mass is 371 g/mol. The molecule has 138 valence electrons. The molecule has 0 aliphatic carbocycles. The second kappa shape index (κ2) is 8.13. The largest absolute Gasteiger partial charge is 0.486 e. The van der Waals surface area contributed by atoms with Crippen molar-refractivity contribution in [3.63, 3.8) is 0 Å². The molecule has 0 saturated heterocycles. The number of tetrazole rings is 1. The van der Waals surface area contributed by atoms with Crippen LogP contribution in [0, 0.1) is 0 Å². The number of ether oxygens (including phenoxy) is 1. The molecule has 0 saturated carbocycles. The van der Waals surface area contributed by atoms with Gasteiger partial charge < -0.3 is 10.1 Å². The van der Waals surface area contributed by atoms with E-state index in [-0.39, 0.29) is 12.5 Å². The van der Waals surface area contributed by atoms with E-state index in [9.17, 15) is 4.79 Å². The Hall–Kier alpha value is -4.00. The van der Waals surface area contributed by atoms with E-state index in [2.05, 4.69) is 20.8 Å². The number of anilines is 1. The third kappa shape index (κ3) is 4.04. The lowest BCUT2D eigenvalue weighted by Gasteiger charge is -2.09. The number of amides is 1. The van der Waals surface area contributed by atoms with Crippen molar-refractivity contribution in [3.8, 4) is 11.4 Å². The van der Waals surface area contributed by atoms with Gasteiger partial charge in [-0.2, -0.15) is 4.68 Å². The van der Waals surface area contributed by atoms with Crippen molar-refractivity contribution in [2.24, 2.45) is 0 Å². The van der Waals surface area contributed by atoms with Crippen molar-refractivity contribution >= 4 is 11.6 Å². The normalized spacial score (nSPS) is 10.4. The number of para-hydroxylation sites is 1. The third-order valence-corrected chi connectivity index (χ3v) is 4.05. The Labute approximate surface area is 161 Å². The molecule has 3 aromatic carbocycles. The van der Waals surface area contributed by atoms with Gasteiger partial charge in [-0.3, -0.25) is 4.79 Å². The molecule has 4 rings (SSSR count).